The number of esters is 4. The van der Waals surface area contributed by atoms with Gasteiger partial charge in [0.25, 0.3) is 0 Å². The van der Waals surface area contributed by atoms with E-state index in [0.717, 1.165) is 32.5 Å². The van der Waals surface area contributed by atoms with E-state index in [2.05, 4.69) is 0 Å². The van der Waals surface area contributed by atoms with Gasteiger partial charge >= 0.3 is 23.9 Å². The summed E-state index contributed by atoms with van der Waals surface area (Å²) in [5.41, 5.74) is -0.979. The monoisotopic (exact) mass is 484 g/mol. The van der Waals surface area contributed by atoms with Crippen LogP contribution in [0.4, 0.5) is 0 Å². The zero-order valence-electron chi connectivity index (χ0n) is 18.0. The van der Waals surface area contributed by atoms with Crippen LogP contribution in [-0.2, 0) is 52.7 Å². The first kappa shape index (κ1) is 27.2. The first-order valence-electron chi connectivity index (χ1n) is 9.48. The molecule has 31 heavy (non-hydrogen) atoms. The number of ether oxygens (including phenoxy) is 5. The number of carbonyl (C=O) groups is 4. The number of hydrogen-bond donors (Lipinski definition) is 0. The molecule has 0 bridgehead atoms. The molecule has 0 aromatic carbocycles. The van der Waals surface area contributed by atoms with Crippen LogP contribution in [0.5, 0.6) is 0 Å². The quantitative estimate of drug-likeness (QED) is 0.309. The van der Waals surface area contributed by atoms with E-state index in [9.17, 15) is 27.6 Å². The van der Waals surface area contributed by atoms with E-state index < -0.39 is 63.6 Å². The second-order valence-corrected chi connectivity index (χ2v) is 10.4. The minimum absolute atomic E-state index is 0.0356. The fraction of sp³-hybridized carbons (Fsp3) is 0.778. The van der Waals surface area contributed by atoms with Gasteiger partial charge in [0.15, 0.2) is 28.1 Å². The number of thioether (sulfide) groups is 1. The Balaban J connectivity index is 3.24. The lowest BCUT2D eigenvalue weighted by atomic mass is 9.99. The summed E-state index contributed by atoms with van der Waals surface area (Å²) in [6, 6.07) is 0. The summed E-state index contributed by atoms with van der Waals surface area (Å²) in [7, 11) is -3.26. The first-order chi connectivity index (χ1) is 14.4. The molecule has 1 aliphatic rings. The van der Waals surface area contributed by atoms with Crippen molar-refractivity contribution in [3.8, 4) is 0 Å². The summed E-state index contributed by atoms with van der Waals surface area (Å²) in [5.74, 6) is -2.87. The van der Waals surface area contributed by atoms with E-state index in [1.807, 2.05) is 0 Å². The smallest absolute Gasteiger partial charge is 0.303 e. The molecule has 1 aliphatic heterocycles. The van der Waals surface area contributed by atoms with Crippen LogP contribution in [0.15, 0.2) is 0 Å². The normalized spacial score (nSPS) is 25.9. The van der Waals surface area contributed by atoms with Gasteiger partial charge in [0.1, 0.15) is 18.1 Å². The lowest BCUT2D eigenvalue weighted by Gasteiger charge is -2.44. The summed E-state index contributed by atoms with van der Waals surface area (Å²) in [4.78, 5) is 46.3. The molecule has 5 atom stereocenters. The molecule has 0 spiro atoms. The molecule has 0 unspecified atom stereocenters. The van der Waals surface area contributed by atoms with Gasteiger partial charge in [-0.3, -0.25) is 19.2 Å². The van der Waals surface area contributed by atoms with Crippen LogP contribution < -0.4 is 0 Å². The molecule has 1 heterocycles. The lowest BCUT2D eigenvalue weighted by molar-refractivity contribution is -0.237. The van der Waals surface area contributed by atoms with Crippen molar-refractivity contribution in [3.05, 3.63) is 0 Å². The molecule has 11 nitrogen and oxygen atoms in total. The van der Waals surface area contributed by atoms with E-state index in [0.29, 0.717) is 0 Å². The highest BCUT2D eigenvalue weighted by molar-refractivity contribution is 8.01. The Kier molecular flexibility index (Phi) is 10.7. The molecule has 1 rings (SSSR count). The van der Waals surface area contributed by atoms with Crippen molar-refractivity contribution >= 4 is 45.5 Å². The second kappa shape index (κ2) is 12.2. The molecule has 0 aliphatic carbocycles. The topological polar surface area (TPSA) is 149 Å². The molecular weight excluding hydrogens is 456 g/mol. The first-order valence-corrected chi connectivity index (χ1v) is 12.4. The van der Waals surface area contributed by atoms with Crippen LogP contribution >= 0.6 is 11.8 Å². The Morgan fingerprint density at radius 1 is 0.839 bits per heavy atom. The lowest BCUT2D eigenvalue weighted by Crippen LogP contribution is -2.61. The summed E-state index contributed by atoms with van der Waals surface area (Å²) in [6.45, 7) is 5.76. The fourth-order valence-electron chi connectivity index (χ4n) is 2.76. The molecule has 13 heteroatoms. The minimum Gasteiger partial charge on any atom is -0.463 e. The van der Waals surface area contributed by atoms with Gasteiger partial charge in [-0.25, -0.2) is 8.42 Å². The SMILES string of the molecule is CCS(=O)(=O)CCS[C@@H]1O[C@H](COC(C)=O)[C@H](OC(C)=O)[C@@H](OC(C)=O)[C@H]1OC(C)=O. The summed E-state index contributed by atoms with van der Waals surface area (Å²) < 4.78 is 50.3. The third-order valence-electron chi connectivity index (χ3n) is 4.06. The van der Waals surface area contributed by atoms with Gasteiger partial charge in [0.05, 0.1) is 5.75 Å². The maximum atomic E-state index is 11.8. The fourth-order valence-corrected chi connectivity index (χ4v) is 5.30. The summed E-state index contributed by atoms with van der Waals surface area (Å²) in [5, 5.41) is 0. The van der Waals surface area contributed by atoms with Crippen LogP contribution in [0.25, 0.3) is 0 Å². The molecule has 0 aromatic heterocycles. The summed E-state index contributed by atoms with van der Waals surface area (Å²) in [6.07, 6.45) is -4.75. The zero-order valence-corrected chi connectivity index (χ0v) is 19.7. The predicted octanol–water partition coefficient (Wildman–Crippen LogP) is 0.237. The minimum atomic E-state index is -3.26. The van der Waals surface area contributed by atoms with Crippen molar-refractivity contribution in [2.24, 2.45) is 0 Å². The van der Waals surface area contributed by atoms with E-state index in [1.165, 1.54) is 13.8 Å². The molecule has 178 valence electrons. The molecule has 0 saturated carbocycles. The molecule has 0 aromatic rings. The van der Waals surface area contributed by atoms with Crippen LogP contribution in [0.3, 0.4) is 0 Å². The third-order valence-corrected chi connectivity index (χ3v) is 7.18. The van der Waals surface area contributed by atoms with Gasteiger partial charge in [-0.2, -0.15) is 0 Å². The molecule has 0 amide bonds. The molecule has 0 radical (unpaired) electrons. The van der Waals surface area contributed by atoms with E-state index in [1.54, 1.807) is 0 Å². The van der Waals surface area contributed by atoms with Crippen molar-refractivity contribution < 1.29 is 51.3 Å². The van der Waals surface area contributed by atoms with Gasteiger partial charge < -0.3 is 23.7 Å². The molecule has 1 saturated heterocycles. The number of sulfone groups is 1. The van der Waals surface area contributed by atoms with E-state index in [4.69, 9.17) is 23.7 Å². The summed E-state index contributed by atoms with van der Waals surface area (Å²) >= 11 is 1.03. The highest BCUT2D eigenvalue weighted by atomic mass is 32.2. The Bertz CT molecular complexity index is 764. The average molecular weight is 485 g/mol. The van der Waals surface area contributed by atoms with Crippen LogP contribution in [0.2, 0.25) is 0 Å². The van der Waals surface area contributed by atoms with Crippen LogP contribution in [0, 0.1) is 0 Å². The van der Waals surface area contributed by atoms with E-state index >= 15 is 0 Å². The Hall–Kier alpha value is -1.86. The second-order valence-electron chi connectivity index (χ2n) is 6.67. The van der Waals surface area contributed by atoms with Crippen LogP contribution in [-0.4, -0.2) is 86.0 Å². The highest BCUT2D eigenvalue weighted by Crippen LogP contribution is 2.34. The Morgan fingerprint density at radius 2 is 1.35 bits per heavy atom. The largest absolute Gasteiger partial charge is 0.463 e. The maximum absolute atomic E-state index is 11.8. The molecule has 0 N–H and O–H groups in total. The van der Waals surface area contributed by atoms with E-state index in [-0.39, 0.29) is 23.9 Å². The third kappa shape index (κ3) is 9.44. The van der Waals surface area contributed by atoms with Gasteiger partial charge in [-0.15, -0.1) is 11.8 Å². The van der Waals surface area contributed by atoms with Gasteiger partial charge in [-0.1, -0.05) is 6.92 Å². The van der Waals surface area contributed by atoms with Crippen molar-refractivity contribution in [1.82, 2.24) is 0 Å². The standard InChI is InChI=1S/C18H28O11S2/c1-6-31(23,24)8-7-30-18-17(28-13(5)22)16(27-12(4)21)15(26-11(3)20)14(29-18)9-25-10(2)19/h14-18H,6-9H2,1-5H3/t14-,15+,16-,17-,18+/m1/s1. The average Bonchev–Trinajstić information content (AvgIpc) is 2.63. The molecular formula is C18H28O11S2. The van der Waals surface area contributed by atoms with Crippen molar-refractivity contribution in [1.29, 1.82) is 0 Å². The number of hydrogen-bond acceptors (Lipinski definition) is 12. The molecule has 1 fully saturated rings. The Morgan fingerprint density at radius 3 is 1.84 bits per heavy atom. The maximum Gasteiger partial charge on any atom is 0.303 e. The zero-order chi connectivity index (χ0) is 23.8. The van der Waals surface area contributed by atoms with Crippen molar-refractivity contribution in [2.75, 3.05) is 23.9 Å². The van der Waals surface area contributed by atoms with Gasteiger partial charge in [0, 0.05) is 39.2 Å². The highest BCUT2D eigenvalue weighted by Gasteiger charge is 2.52. The predicted molar refractivity (Wildman–Crippen MR) is 109 cm³/mol. The Labute approximate surface area is 185 Å². The van der Waals surface area contributed by atoms with Crippen molar-refractivity contribution in [3.63, 3.8) is 0 Å². The van der Waals surface area contributed by atoms with Gasteiger partial charge in [0.2, 0.25) is 0 Å². The van der Waals surface area contributed by atoms with Crippen molar-refractivity contribution in [2.45, 2.75) is 64.5 Å². The number of carbonyl (C=O) groups excluding carboxylic acids is 4. The number of rotatable bonds is 10. The van der Waals surface area contributed by atoms with Crippen LogP contribution in [0.1, 0.15) is 34.6 Å². The van der Waals surface area contributed by atoms with Gasteiger partial charge in [-0.05, 0) is 0 Å².